The van der Waals surface area contributed by atoms with Crippen molar-refractivity contribution in [3.8, 4) is 11.6 Å². The smallest absolute Gasteiger partial charge is 0.257 e. The second kappa shape index (κ2) is 9.84. The molecule has 0 bridgehead atoms. The topological polar surface area (TPSA) is 97.4 Å². The first-order valence-corrected chi connectivity index (χ1v) is 11.5. The SMILES string of the molecule is CNS(=O)(=O)Cc1ccc(CNC(=O)c2cccnc2Oc2ccc(Br)cc2)cc1. The number of hydrogen-bond acceptors (Lipinski definition) is 5. The van der Waals surface area contributed by atoms with Gasteiger partial charge in [0.1, 0.15) is 11.3 Å². The lowest BCUT2D eigenvalue weighted by Crippen LogP contribution is -2.23. The molecule has 0 fully saturated rings. The minimum atomic E-state index is -3.32. The Balaban J connectivity index is 1.64. The molecule has 0 spiro atoms. The van der Waals surface area contributed by atoms with Gasteiger partial charge in [0.2, 0.25) is 15.9 Å². The van der Waals surface area contributed by atoms with Gasteiger partial charge in [-0.1, -0.05) is 40.2 Å². The molecule has 0 aliphatic carbocycles. The molecule has 0 aliphatic heterocycles. The van der Waals surface area contributed by atoms with Gasteiger partial charge in [0.05, 0.1) is 5.75 Å². The molecule has 3 aromatic rings. The van der Waals surface area contributed by atoms with Crippen LogP contribution in [0.2, 0.25) is 0 Å². The quantitative estimate of drug-likeness (QED) is 0.503. The summed E-state index contributed by atoms with van der Waals surface area (Å²) in [6.45, 7) is 0.282. The van der Waals surface area contributed by atoms with E-state index in [9.17, 15) is 13.2 Å². The van der Waals surface area contributed by atoms with Crippen LogP contribution in [-0.4, -0.2) is 26.4 Å². The van der Waals surface area contributed by atoms with Gasteiger partial charge in [-0.25, -0.2) is 18.1 Å². The zero-order chi connectivity index (χ0) is 21.6. The van der Waals surface area contributed by atoms with E-state index in [1.165, 1.54) is 7.05 Å². The summed E-state index contributed by atoms with van der Waals surface area (Å²) in [7, 11) is -1.94. The molecule has 0 saturated heterocycles. The third-order valence-electron chi connectivity index (χ3n) is 4.19. The molecule has 156 valence electrons. The zero-order valence-electron chi connectivity index (χ0n) is 16.1. The number of nitrogens with zero attached hydrogens (tertiary/aromatic N) is 1. The summed E-state index contributed by atoms with van der Waals surface area (Å²) in [6.07, 6.45) is 1.56. The molecule has 0 saturated carbocycles. The van der Waals surface area contributed by atoms with E-state index >= 15 is 0 Å². The molecular formula is C21H20BrN3O4S. The molecule has 0 aliphatic rings. The number of ether oxygens (including phenoxy) is 1. The van der Waals surface area contributed by atoms with E-state index in [0.29, 0.717) is 16.9 Å². The molecule has 0 atom stereocenters. The summed E-state index contributed by atoms with van der Waals surface area (Å²) in [4.78, 5) is 16.8. The van der Waals surface area contributed by atoms with E-state index < -0.39 is 10.0 Å². The number of aromatic nitrogens is 1. The second-order valence-electron chi connectivity index (χ2n) is 6.37. The van der Waals surface area contributed by atoms with Crippen molar-refractivity contribution >= 4 is 31.9 Å². The van der Waals surface area contributed by atoms with Crippen molar-refractivity contribution in [2.75, 3.05) is 7.05 Å². The fourth-order valence-electron chi connectivity index (χ4n) is 2.58. The lowest BCUT2D eigenvalue weighted by Gasteiger charge is -2.11. The Bertz CT molecular complexity index is 1120. The van der Waals surface area contributed by atoms with E-state index in [-0.39, 0.29) is 24.1 Å². The van der Waals surface area contributed by atoms with Crippen molar-refractivity contribution in [3.05, 3.63) is 88.0 Å². The third-order valence-corrected chi connectivity index (χ3v) is 6.05. The van der Waals surface area contributed by atoms with Crippen LogP contribution in [0.5, 0.6) is 11.6 Å². The highest BCUT2D eigenvalue weighted by molar-refractivity contribution is 9.10. The molecule has 0 radical (unpaired) electrons. The number of rotatable bonds is 8. The predicted molar refractivity (Wildman–Crippen MR) is 118 cm³/mol. The highest BCUT2D eigenvalue weighted by Crippen LogP contribution is 2.24. The number of hydrogen-bond donors (Lipinski definition) is 2. The van der Waals surface area contributed by atoms with Crippen molar-refractivity contribution in [2.24, 2.45) is 0 Å². The molecule has 0 unspecified atom stereocenters. The first-order valence-electron chi connectivity index (χ1n) is 9.02. The van der Waals surface area contributed by atoms with E-state index in [1.54, 1.807) is 54.7 Å². The second-order valence-corrected chi connectivity index (χ2v) is 9.22. The van der Waals surface area contributed by atoms with Gasteiger partial charge in [-0.15, -0.1) is 0 Å². The number of carbonyl (C=O) groups is 1. The van der Waals surface area contributed by atoms with Crippen molar-refractivity contribution in [1.29, 1.82) is 0 Å². The summed E-state index contributed by atoms with van der Waals surface area (Å²) < 4.78 is 32.2. The van der Waals surface area contributed by atoms with Crippen LogP contribution in [0, 0.1) is 0 Å². The molecule has 2 N–H and O–H groups in total. The zero-order valence-corrected chi connectivity index (χ0v) is 18.5. The average Bonchev–Trinajstić information content (AvgIpc) is 2.75. The van der Waals surface area contributed by atoms with Crippen molar-refractivity contribution < 1.29 is 17.9 Å². The molecule has 30 heavy (non-hydrogen) atoms. The molecule has 3 rings (SSSR count). The number of carbonyl (C=O) groups excluding carboxylic acids is 1. The summed E-state index contributed by atoms with van der Waals surface area (Å²) >= 11 is 3.37. The van der Waals surface area contributed by atoms with Crippen molar-refractivity contribution in [3.63, 3.8) is 0 Å². The van der Waals surface area contributed by atoms with E-state index in [0.717, 1.165) is 10.0 Å². The van der Waals surface area contributed by atoms with Gasteiger partial charge in [0, 0.05) is 17.2 Å². The number of halogens is 1. The van der Waals surface area contributed by atoms with Gasteiger partial charge >= 0.3 is 0 Å². The molecule has 1 heterocycles. The Morgan fingerprint density at radius 1 is 1.03 bits per heavy atom. The minimum absolute atomic E-state index is 0.0947. The molecule has 9 heteroatoms. The number of amides is 1. The number of pyridine rings is 1. The van der Waals surface area contributed by atoms with Crippen LogP contribution in [0.3, 0.4) is 0 Å². The van der Waals surface area contributed by atoms with Gasteiger partial charge in [-0.2, -0.15) is 0 Å². The summed E-state index contributed by atoms with van der Waals surface area (Å²) in [6, 6.07) is 17.5. The van der Waals surface area contributed by atoms with Crippen LogP contribution in [0.25, 0.3) is 0 Å². The van der Waals surface area contributed by atoms with E-state index in [2.05, 4.69) is 31.0 Å². The van der Waals surface area contributed by atoms with Crippen molar-refractivity contribution in [1.82, 2.24) is 15.0 Å². The van der Waals surface area contributed by atoms with Gasteiger partial charge in [0.25, 0.3) is 5.91 Å². The molecule has 1 aromatic heterocycles. The maximum atomic E-state index is 12.7. The first kappa shape index (κ1) is 21.9. The van der Waals surface area contributed by atoms with Crippen molar-refractivity contribution in [2.45, 2.75) is 12.3 Å². The Morgan fingerprint density at radius 2 is 1.70 bits per heavy atom. The fourth-order valence-corrected chi connectivity index (χ4v) is 3.62. The van der Waals surface area contributed by atoms with Gasteiger partial charge in [-0.05, 0) is 54.6 Å². The van der Waals surface area contributed by atoms with Gasteiger partial charge in [-0.3, -0.25) is 4.79 Å². The molecular weight excluding hydrogens is 470 g/mol. The Morgan fingerprint density at radius 3 is 2.37 bits per heavy atom. The Labute approximate surface area is 183 Å². The number of sulfonamides is 1. The highest BCUT2D eigenvalue weighted by atomic mass is 79.9. The van der Waals surface area contributed by atoms with Crippen LogP contribution in [0.1, 0.15) is 21.5 Å². The first-order chi connectivity index (χ1) is 14.4. The van der Waals surface area contributed by atoms with E-state index in [4.69, 9.17) is 4.74 Å². The van der Waals surface area contributed by atoms with Gasteiger partial charge in [0.15, 0.2) is 0 Å². The normalized spacial score (nSPS) is 11.1. The maximum absolute atomic E-state index is 12.7. The fraction of sp³-hybridized carbons (Fsp3) is 0.143. The van der Waals surface area contributed by atoms with Gasteiger partial charge < -0.3 is 10.1 Å². The Hall–Kier alpha value is -2.75. The number of benzene rings is 2. The summed E-state index contributed by atoms with van der Waals surface area (Å²) in [5, 5.41) is 2.83. The lowest BCUT2D eigenvalue weighted by atomic mass is 10.1. The Kier molecular flexibility index (Phi) is 7.20. The highest BCUT2D eigenvalue weighted by Gasteiger charge is 2.14. The third kappa shape index (κ3) is 6.12. The minimum Gasteiger partial charge on any atom is -0.438 e. The summed E-state index contributed by atoms with van der Waals surface area (Å²) in [5.41, 5.74) is 1.82. The van der Waals surface area contributed by atoms with Crippen LogP contribution in [-0.2, 0) is 22.3 Å². The van der Waals surface area contributed by atoms with Crippen LogP contribution < -0.4 is 14.8 Å². The van der Waals surface area contributed by atoms with Crippen LogP contribution in [0.15, 0.2) is 71.3 Å². The van der Waals surface area contributed by atoms with Crippen LogP contribution >= 0.6 is 15.9 Å². The largest absolute Gasteiger partial charge is 0.438 e. The monoisotopic (exact) mass is 489 g/mol. The average molecular weight is 490 g/mol. The molecule has 1 amide bonds. The number of nitrogens with one attached hydrogen (secondary N) is 2. The standard InChI is InChI=1S/C21H20BrN3O4S/c1-23-30(27,28)14-16-6-4-15(5-7-16)13-25-20(26)19-3-2-12-24-21(19)29-18-10-8-17(22)9-11-18/h2-12,23H,13-14H2,1H3,(H,25,26). The lowest BCUT2D eigenvalue weighted by molar-refractivity contribution is 0.0948. The predicted octanol–water partition coefficient (Wildman–Crippen LogP) is 3.62. The molecule has 7 nitrogen and oxygen atoms in total. The van der Waals surface area contributed by atoms with E-state index in [1.807, 2.05) is 12.1 Å². The summed E-state index contributed by atoms with van der Waals surface area (Å²) in [5.74, 6) is 0.364. The molecule has 2 aromatic carbocycles. The van der Waals surface area contributed by atoms with Crippen LogP contribution in [0.4, 0.5) is 0 Å². The maximum Gasteiger partial charge on any atom is 0.257 e.